The zero-order valence-corrected chi connectivity index (χ0v) is 15.5. The molecule has 2 heterocycles. The molecule has 2 unspecified atom stereocenters. The molecule has 0 saturated carbocycles. The number of piperidine rings is 1. The van der Waals surface area contributed by atoms with E-state index in [1.807, 2.05) is 31.7 Å². The Bertz CT molecular complexity index is 604. The number of carbonyl (C=O) groups excluding carboxylic acids is 1. The van der Waals surface area contributed by atoms with Crippen LogP contribution in [-0.4, -0.2) is 54.1 Å². The lowest BCUT2D eigenvalue weighted by Crippen LogP contribution is -2.51. The Kier molecular flexibility index (Phi) is 5.74. The van der Waals surface area contributed by atoms with Crippen LogP contribution in [0.15, 0.2) is 18.2 Å². The third kappa shape index (κ3) is 4.59. The molecule has 1 amide bonds. The molecule has 2 atom stereocenters. The van der Waals surface area contributed by atoms with Gasteiger partial charge in [0.15, 0.2) is 0 Å². The van der Waals surface area contributed by atoms with Gasteiger partial charge >= 0.3 is 0 Å². The minimum atomic E-state index is -0.179. The highest BCUT2D eigenvalue weighted by atomic mass is 19.1. The maximum absolute atomic E-state index is 13.5. The molecule has 0 bridgehead atoms. The molecule has 2 fully saturated rings. The number of carbonyl (C=O) groups is 1. The molecule has 25 heavy (non-hydrogen) atoms. The monoisotopic (exact) mass is 348 g/mol. The molecule has 0 aliphatic carbocycles. The SMILES string of the molecule is Cc1ccc(F)cc1CN1CCC(C(=O)N2CC(C)OC(C)C2)CC1. The Morgan fingerprint density at radius 2 is 1.84 bits per heavy atom. The first kappa shape index (κ1) is 18.3. The van der Waals surface area contributed by atoms with Gasteiger partial charge in [-0.2, -0.15) is 0 Å². The van der Waals surface area contributed by atoms with Crippen LogP contribution in [0, 0.1) is 18.7 Å². The Balaban J connectivity index is 1.53. The van der Waals surface area contributed by atoms with E-state index in [0.29, 0.717) is 13.1 Å². The van der Waals surface area contributed by atoms with E-state index in [4.69, 9.17) is 4.74 Å². The van der Waals surface area contributed by atoms with Crippen LogP contribution in [0.5, 0.6) is 0 Å². The van der Waals surface area contributed by atoms with Gasteiger partial charge in [-0.1, -0.05) is 6.07 Å². The number of halogens is 1. The highest BCUT2D eigenvalue weighted by Crippen LogP contribution is 2.24. The van der Waals surface area contributed by atoms with Crippen LogP contribution in [0.4, 0.5) is 4.39 Å². The van der Waals surface area contributed by atoms with Crippen molar-refractivity contribution in [2.45, 2.75) is 52.4 Å². The predicted octanol–water partition coefficient (Wildman–Crippen LogP) is 2.98. The standard InChI is InChI=1S/C20H29FN2O2/c1-14-4-5-19(21)10-18(14)13-22-8-6-17(7-9-22)20(24)23-11-15(2)25-16(3)12-23/h4-5,10,15-17H,6-9,11-13H2,1-3H3. The fraction of sp³-hybridized carbons (Fsp3) is 0.650. The summed E-state index contributed by atoms with van der Waals surface area (Å²) in [6, 6.07) is 4.97. The minimum absolute atomic E-state index is 0.113. The molecule has 0 aromatic heterocycles. The van der Waals surface area contributed by atoms with E-state index in [0.717, 1.165) is 43.6 Å². The number of hydrogen-bond acceptors (Lipinski definition) is 3. The molecule has 3 rings (SSSR count). The van der Waals surface area contributed by atoms with Crippen molar-refractivity contribution in [2.75, 3.05) is 26.2 Å². The van der Waals surface area contributed by atoms with Crippen LogP contribution in [0.25, 0.3) is 0 Å². The van der Waals surface area contributed by atoms with Gasteiger partial charge in [0, 0.05) is 25.6 Å². The van der Waals surface area contributed by atoms with Crippen molar-refractivity contribution >= 4 is 5.91 Å². The summed E-state index contributed by atoms with van der Waals surface area (Å²) in [7, 11) is 0. The lowest BCUT2D eigenvalue weighted by atomic mass is 9.94. The summed E-state index contributed by atoms with van der Waals surface area (Å²) in [4.78, 5) is 17.1. The van der Waals surface area contributed by atoms with Crippen LogP contribution in [0.1, 0.15) is 37.8 Å². The molecule has 2 aliphatic heterocycles. The Morgan fingerprint density at radius 1 is 1.20 bits per heavy atom. The molecule has 2 saturated heterocycles. The highest BCUT2D eigenvalue weighted by molar-refractivity contribution is 5.79. The zero-order chi connectivity index (χ0) is 18.0. The largest absolute Gasteiger partial charge is 0.372 e. The summed E-state index contributed by atoms with van der Waals surface area (Å²) in [5, 5.41) is 0. The number of aryl methyl sites for hydroxylation is 1. The van der Waals surface area contributed by atoms with Gasteiger partial charge in [-0.15, -0.1) is 0 Å². The van der Waals surface area contributed by atoms with Gasteiger partial charge < -0.3 is 9.64 Å². The summed E-state index contributed by atoms with van der Waals surface area (Å²) in [6.45, 7) is 10.0. The summed E-state index contributed by atoms with van der Waals surface area (Å²) in [6.07, 6.45) is 1.99. The Labute approximate surface area is 149 Å². The van der Waals surface area contributed by atoms with E-state index in [1.54, 1.807) is 6.07 Å². The predicted molar refractivity (Wildman–Crippen MR) is 95.7 cm³/mol. The van der Waals surface area contributed by atoms with Crippen molar-refractivity contribution in [1.82, 2.24) is 9.80 Å². The van der Waals surface area contributed by atoms with Crippen molar-refractivity contribution < 1.29 is 13.9 Å². The first-order valence-electron chi connectivity index (χ1n) is 9.34. The lowest BCUT2D eigenvalue weighted by Gasteiger charge is -2.39. The van der Waals surface area contributed by atoms with Gasteiger partial charge in [0.25, 0.3) is 0 Å². The van der Waals surface area contributed by atoms with Crippen LogP contribution in [-0.2, 0) is 16.1 Å². The van der Waals surface area contributed by atoms with Crippen LogP contribution < -0.4 is 0 Å². The molecule has 2 aliphatic rings. The molecule has 1 aromatic rings. The average Bonchev–Trinajstić information content (AvgIpc) is 2.57. The topological polar surface area (TPSA) is 32.8 Å². The molecular formula is C20H29FN2O2. The van der Waals surface area contributed by atoms with E-state index in [-0.39, 0.29) is 29.9 Å². The summed E-state index contributed by atoms with van der Waals surface area (Å²) in [5.41, 5.74) is 2.16. The second kappa shape index (κ2) is 7.83. The van der Waals surface area contributed by atoms with Gasteiger partial charge in [0.2, 0.25) is 5.91 Å². The van der Waals surface area contributed by atoms with E-state index >= 15 is 0 Å². The molecule has 5 heteroatoms. The van der Waals surface area contributed by atoms with Crippen LogP contribution >= 0.6 is 0 Å². The average molecular weight is 348 g/mol. The maximum Gasteiger partial charge on any atom is 0.225 e. The quantitative estimate of drug-likeness (QED) is 0.842. The molecular weight excluding hydrogens is 319 g/mol. The second-order valence-electron chi connectivity index (χ2n) is 7.62. The van der Waals surface area contributed by atoms with E-state index in [9.17, 15) is 9.18 Å². The number of benzene rings is 1. The van der Waals surface area contributed by atoms with E-state index in [2.05, 4.69) is 4.90 Å². The van der Waals surface area contributed by atoms with Crippen molar-refractivity contribution in [3.8, 4) is 0 Å². The Hall–Kier alpha value is -1.46. The number of likely N-dealkylation sites (tertiary alicyclic amines) is 1. The molecule has 4 nitrogen and oxygen atoms in total. The number of ether oxygens (including phenoxy) is 1. The number of rotatable bonds is 3. The first-order chi connectivity index (χ1) is 11.9. The number of morpholine rings is 1. The summed E-state index contributed by atoms with van der Waals surface area (Å²) < 4.78 is 19.2. The summed E-state index contributed by atoms with van der Waals surface area (Å²) in [5.74, 6) is 0.215. The van der Waals surface area contributed by atoms with Crippen molar-refractivity contribution in [3.63, 3.8) is 0 Å². The highest BCUT2D eigenvalue weighted by Gasteiger charge is 2.32. The fourth-order valence-corrected chi connectivity index (χ4v) is 4.01. The molecule has 0 spiro atoms. The minimum Gasteiger partial charge on any atom is -0.372 e. The van der Waals surface area contributed by atoms with Gasteiger partial charge in [-0.25, -0.2) is 4.39 Å². The third-order valence-corrected chi connectivity index (χ3v) is 5.37. The number of nitrogens with zero attached hydrogens (tertiary/aromatic N) is 2. The van der Waals surface area contributed by atoms with Gasteiger partial charge in [-0.3, -0.25) is 9.69 Å². The number of amides is 1. The zero-order valence-electron chi connectivity index (χ0n) is 15.5. The first-order valence-corrected chi connectivity index (χ1v) is 9.34. The van der Waals surface area contributed by atoms with Gasteiger partial charge in [0.1, 0.15) is 5.82 Å². The van der Waals surface area contributed by atoms with Crippen LogP contribution in [0.2, 0.25) is 0 Å². The molecule has 1 aromatic carbocycles. The van der Waals surface area contributed by atoms with Gasteiger partial charge in [0.05, 0.1) is 12.2 Å². The van der Waals surface area contributed by atoms with Gasteiger partial charge in [-0.05, 0) is 70.0 Å². The van der Waals surface area contributed by atoms with E-state index in [1.165, 1.54) is 6.07 Å². The maximum atomic E-state index is 13.5. The molecule has 0 radical (unpaired) electrons. The van der Waals surface area contributed by atoms with Crippen molar-refractivity contribution in [1.29, 1.82) is 0 Å². The normalized spacial score (nSPS) is 26.0. The van der Waals surface area contributed by atoms with Crippen molar-refractivity contribution in [3.05, 3.63) is 35.1 Å². The molecule has 138 valence electrons. The second-order valence-corrected chi connectivity index (χ2v) is 7.62. The fourth-order valence-electron chi connectivity index (χ4n) is 4.01. The van der Waals surface area contributed by atoms with E-state index < -0.39 is 0 Å². The third-order valence-electron chi connectivity index (χ3n) is 5.37. The van der Waals surface area contributed by atoms with Crippen LogP contribution in [0.3, 0.4) is 0 Å². The smallest absolute Gasteiger partial charge is 0.225 e. The lowest BCUT2D eigenvalue weighted by molar-refractivity contribution is -0.148. The van der Waals surface area contributed by atoms with Crippen molar-refractivity contribution in [2.24, 2.45) is 5.92 Å². The molecule has 0 N–H and O–H groups in total. The Morgan fingerprint density at radius 3 is 2.48 bits per heavy atom. The number of hydrogen-bond donors (Lipinski definition) is 0. The summed E-state index contributed by atoms with van der Waals surface area (Å²) >= 11 is 0.